The monoisotopic (exact) mass is 377 g/mol. The number of hydrogen-bond donors (Lipinski definition) is 1. The first kappa shape index (κ1) is 18.3. The minimum atomic E-state index is -0.346. The summed E-state index contributed by atoms with van der Waals surface area (Å²) < 4.78 is 15.8. The number of benzene rings is 1. The second-order valence-electron chi connectivity index (χ2n) is 5.64. The quantitative estimate of drug-likeness (QED) is 0.863. The smallest absolute Gasteiger partial charge is 0.274 e. The molecule has 1 amide bonds. The summed E-state index contributed by atoms with van der Waals surface area (Å²) in [6, 6.07) is 6.78. The third-order valence-electron chi connectivity index (χ3n) is 4.08. The number of anilines is 2. The summed E-state index contributed by atoms with van der Waals surface area (Å²) >= 11 is 6.08. The average Bonchev–Trinajstić information content (AvgIpc) is 2.69. The van der Waals surface area contributed by atoms with Crippen molar-refractivity contribution in [3.05, 3.63) is 41.2 Å². The van der Waals surface area contributed by atoms with Gasteiger partial charge in [0.25, 0.3) is 5.91 Å². The maximum atomic E-state index is 12.5. The van der Waals surface area contributed by atoms with Crippen LogP contribution in [0.4, 0.5) is 11.4 Å². The molecule has 1 aromatic carbocycles. The van der Waals surface area contributed by atoms with E-state index in [9.17, 15) is 4.79 Å². The number of rotatable bonds is 5. The number of morpholine rings is 1. The van der Waals surface area contributed by atoms with Gasteiger partial charge in [-0.2, -0.15) is 0 Å². The van der Waals surface area contributed by atoms with Crippen LogP contribution in [0.5, 0.6) is 11.5 Å². The number of hydrogen-bond acceptors (Lipinski definition) is 6. The van der Waals surface area contributed by atoms with Gasteiger partial charge in [0.1, 0.15) is 17.2 Å². The highest BCUT2D eigenvalue weighted by Gasteiger charge is 2.16. The van der Waals surface area contributed by atoms with E-state index in [-0.39, 0.29) is 5.91 Å². The van der Waals surface area contributed by atoms with Gasteiger partial charge in [0.2, 0.25) is 0 Å². The van der Waals surface area contributed by atoms with Crippen LogP contribution in [0.25, 0.3) is 0 Å². The van der Waals surface area contributed by atoms with E-state index in [0.717, 1.165) is 18.8 Å². The van der Waals surface area contributed by atoms with E-state index in [1.807, 2.05) is 6.07 Å². The van der Waals surface area contributed by atoms with Crippen LogP contribution < -0.4 is 19.7 Å². The van der Waals surface area contributed by atoms with Gasteiger partial charge in [-0.3, -0.25) is 4.79 Å². The van der Waals surface area contributed by atoms with Crippen LogP contribution in [-0.4, -0.2) is 51.4 Å². The first-order valence-corrected chi connectivity index (χ1v) is 8.52. The Bertz CT molecular complexity index is 777. The molecule has 1 N–H and O–H groups in total. The number of halogens is 1. The van der Waals surface area contributed by atoms with Crippen molar-refractivity contribution < 1.29 is 19.0 Å². The highest BCUT2D eigenvalue weighted by molar-refractivity contribution is 6.32. The molecule has 0 atom stereocenters. The van der Waals surface area contributed by atoms with Gasteiger partial charge in [-0.05, 0) is 12.1 Å². The molecule has 1 aliphatic rings. The number of nitrogens with one attached hydrogen (secondary N) is 1. The molecule has 0 radical (unpaired) electrons. The van der Waals surface area contributed by atoms with Gasteiger partial charge in [-0.1, -0.05) is 11.6 Å². The number of nitrogens with zero attached hydrogens (tertiary/aromatic N) is 2. The number of ether oxygens (including phenoxy) is 3. The van der Waals surface area contributed by atoms with Crippen molar-refractivity contribution in [3.8, 4) is 11.5 Å². The van der Waals surface area contributed by atoms with Crippen LogP contribution >= 0.6 is 11.6 Å². The summed E-state index contributed by atoms with van der Waals surface area (Å²) in [5.41, 5.74) is 1.73. The number of pyridine rings is 1. The molecule has 0 bridgehead atoms. The molecule has 0 saturated carbocycles. The summed E-state index contributed by atoms with van der Waals surface area (Å²) in [5, 5.41) is 3.18. The lowest BCUT2D eigenvalue weighted by Crippen LogP contribution is -2.36. The molecule has 8 heteroatoms. The molecule has 1 saturated heterocycles. The average molecular weight is 378 g/mol. The fourth-order valence-electron chi connectivity index (χ4n) is 2.67. The largest absolute Gasteiger partial charge is 0.495 e. The third-order valence-corrected chi connectivity index (χ3v) is 4.37. The molecule has 26 heavy (non-hydrogen) atoms. The summed E-state index contributed by atoms with van der Waals surface area (Å²) in [6.45, 7) is 3.02. The summed E-state index contributed by atoms with van der Waals surface area (Å²) in [4.78, 5) is 19.0. The van der Waals surface area contributed by atoms with E-state index in [4.69, 9.17) is 25.8 Å². The van der Waals surface area contributed by atoms with E-state index in [1.165, 1.54) is 14.2 Å². The molecule has 1 fully saturated rings. The Balaban J connectivity index is 1.75. The number of carbonyl (C=O) groups is 1. The summed E-state index contributed by atoms with van der Waals surface area (Å²) in [7, 11) is 3.01. The second-order valence-corrected chi connectivity index (χ2v) is 6.05. The molecular weight excluding hydrogens is 358 g/mol. The molecule has 2 heterocycles. The zero-order valence-corrected chi connectivity index (χ0v) is 15.4. The lowest BCUT2D eigenvalue weighted by atomic mass is 10.2. The van der Waals surface area contributed by atoms with E-state index in [1.54, 1.807) is 24.4 Å². The Morgan fingerprint density at radius 2 is 1.92 bits per heavy atom. The first-order chi connectivity index (χ1) is 12.6. The zero-order valence-electron chi connectivity index (χ0n) is 14.6. The minimum Gasteiger partial charge on any atom is -0.495 e. The maximum absolute atomic E-state index is 12.5. The second kappa shape index (κ2) is 8.25. The van der Waals surface area contributed by atoms with Crippen LogP contribution in [0.3, 0.4) is 0 Å². The molecule has 0 spiro atoms. The molecule has 1 aliphatic heterocycles. The van der Waals surface area contributed by atoms with E-state index in [2.05, 4.69) is 15.2 Å². The van der Waals surface area contributed by atoms with Gasteiger partial charge < -0.3 is 24.4 Å². The molecule has 3 rings (SSSR count). The van der Waals surface area contributed by atoms with Gasteiger partial charge in [0.15, 0.2) is 0 Å². The standard InChI is InChI=1S/C18H20ClN3O4/c1-24-16-10-15(17(25-2)9-13(16)19)21-18(23)14-4-3-12(11-20-14)22-5-7-26-8-6-22/h3-4,9-11H,5-8H2,1-2H3,(H,21,23). The van der Waals surface area contributed by atoms with E-state index in [0.29, 0.717) is 41.1 Å². The number of aromatic nitrogens is 1. The van der Waals surface area contributed by atoms with Crippen molar-refractivity contribution in [2.24, 2.45) is 0 Å². The van der Waals surface area contributed by atoms with Crippen LogP contribution in [-0.2, 0) is 4.74 Å². The molecule has 138 valence electrons. The van der Waals surface area contributed by atoms with Gasteiger partial charge in [0, 0.05) is 25.2 Å². The van der Waals surface area contributed by atoms with Gasteiger partial charge >= 0.3 is 0 Å². The summed E-state index contributed by atoms with van der Waals surface area (Å²) in [6.07, 6.45) is 1.69. The first-order valence-electron chi connectivity index (χ1n) is 8.14. The van der Waals surface area contributed by atoms with E-state index >= 15 is 0 Å². The lowest BCUT2D eigenvalue weighted by Gasteiger charge is -2.28. The Labute approximate surface area is 156 Å². The Morgan fingerprint density at radius 3 is 2.54 bits per heavy atom. The lowest BCUT2D eigenvalue weighted by molar-refractivity contribution is 0.102. The summed E-state index contributed by atoms with van der Waals surface area (Å²) in [5.74, 6) is 0.536. The SMILES string of the molecule is COc1cc(NC(=O)c2ccc(N3CCOCC3)cn2)c(OC)cc1Cl. The van der Waals surface area contributed by atoms with E-state index < -0.39 is 0 Å². The number of amides is 1. The number of carbonyl (C=O) groups excluding carboxylic acids is 1. The fraction of sp³-hybridized carbons (Fsp3) is 0.333. The van der Waals surface area contributed by atoms with Gasteiger partial charge in [-0.25, -0.2) is 4.98 Å². The van der Waals surface area contributed by atoms with Crippen molar-refractivity contribution in [1.82, 2.24) is 4.98 Å². The molecule has 1 aromatic heterocycles. The van der Waals surface area contributed by atoms with Crippen molar-refractivity contribution in [3.63, 3.8) is 0 Å². The van der Waals surface area contributed by atoms with Crippen molar-refractivity contribution in [2.75, 3.05) is 50.7 Å². The molecule has 0 aliphatic carbocycles. The maximum Gasteiger partial charge on any atom is 0.274 e. The normalized spacial score (nSPS) is 14.0. The molecular formula is C18H20ClN3O4. The highest BCUT2D eigenvalue weighted by Crippen LogP contribution is 2.36. The Kier molecular flexibility index (Phi) is 5.80. The van der Waals surface area contributed by atoms with Crippen LogP contribution in [0.1, 0.15) is 10.5 Å². The molecule has 2 aromatic rings. The van der Waals surface area contributed by atoms with Crippen molar-refractivity contribution >= 4 is 28.9 Å². The number of methoxy groups -OCH3 is 2. The fourth-order valence-corrected chi connectivity index (χ4v) is 2.90. The molecule has 7 nitrogen and oxygen atoms in total. The van der Waals surface area contributed by atoms with Crippen molar-refractivity contribution in [2.45, 2.75) is 0 Å². The Hall–Kier alpha value is -2.51. The predicted molar refractivity (Wildman–Crippen MR) is 99.8 cm³/mol. The topological polar surface area (TPSA) is 72.9 Å². The predicted octanol–water partition coefficient (Wildman–Crippen LogP) is 2.84. The van der Waals surface area contributed by atoms with Crippen LogP contribution in [0.2, 0.25) is 5.02 Å². The van der Waals surface area contributed by atoms with Crippen molar-refractivity contribution in [1.29, 1.82) is 0 Å². The van der Waals surface area contributed by atoms with Gasteiger partial charge in [0.05, 0.1) is 50.0 Å². The highest BCUT2D eigenvalue weighted by atomic mass is 35.5. The third kappa shape index (κ3) is 4.00. The zero-order chi connectivity index (χ0) is 18.5. The molecule has 0 unspecified atom stereocenters. The van der Waals surface area contributed by atoms with Gasteiger partial charge in [-0.15, -0.1) is 0 Å². The Morgan fingerprint density at radius 1 is 1.19 bits per heavy atom. The van der Waals surface area contributed by atoms with Crippen LogP contribution in [0.15, 0.2) is 30.5 Å². The minimum absolute atomic E-state index is 0.304. The van der Waals surface area contributed by atoms with Crippen LogP contribution in [0, 0.1) is 0 Å².